The summed E-state index contributed by atoms with van der Waals surface area (Å²) in [7, 11) is 0. The molecule has 11 heteroatoms. The van der Waals surface area contributed by atoms with Crippen molar-refractivity contribution in [1.82, 2.24) is 39.7 Å². The molecule has 6 aromatic rings. The second-order valence-electron chi connectivity index (χ2n) is 9.92. The lowest BCUT2D eigenvalue weighted by Gasteiger charge is -2.11. The van der Waals surface area contributed by atoms with Crippen molar-refractivity contribution in [3.8, 4) is 28.3 Å². The van der Waals surface area contributed by atoms with Gasteiger partial charge in [-0.05, 0) is 38.0 Å². The highest BCUT2D eigenvalue weighted by atomic mass is 19.1. The number of anilines is 1. The van der Waals surface area contributed by atoms with Crippen LogP contribution in [0.1, 0.15) is 31.4 Å². The van der Waals surface area contributed by atoms with Gasteiger partial charge in [-0.1, -0.05) is 12.8 Å². The molecule has 1 aliphatic rings. The number of amides is 1. The van der Waals surface area contributed by atoms with Gasteiger partial charge in [0.25, 0.3) is 0 Å². The molecule has 0 aliphatic heterocycles. The van der Waals surface area contributed by atoms with E-state index in [1.165, 1.54) is 6.07 Å². The lowest BCUT2D eigenvalue weighted by Crippen LogP contribution is -2.20. The minimum atomic E-state index is -0.428. The summed E-state index contributed by atoms with van der Waals surface area (Å²) in [6, 6.07) is 6.76. The zero-order chi connectivity index (χ0) is 26.5. The minimum absolute atomic E-state index is 0.0109. The Bertz CT molecular complexity index is 1860. The van der Waals surface area contributed by atoms with Crippen LogP contribution >= 0.6 is 0 Å². The van der Waals surface area contributed by atoms with E-state index in [4.69, 9.17) is 0 Å². The molecule has 0 unspecified atom stereocenters. The number of aryl methyl sites for hydroxylation is 1. The Morgan fingerprint density at radius 2 is 2.03 bits per heavy atom. The summed E-state index contributed by atoms with van der Waals surface area (Å²) >= 11 is 0. The molecule has 0 radical (unpaired) electrons. The van der Waals surface area contributed by atoms with Crippen LogP contribution in [0.3, 0.4) is 0 Å². The molecule has 1 amide bonds. The van der Waals surface area contributed by atoms with E-state index in [9.17, 15) is 4.79 Å². The number of hydrogen-bond acceptors (Lipinski definition) is 6. The molecule has 7 rings (SSSR count). The lowest BCUT2D eigenvalue weighted by molar-refractivity contribution is -0.119. The largest absolute Gasteiger partial charge is 0.333 e. The number of nitrogens with one attached hydrogen (secondary N) is 3. The van der Waals surface area contributed by atoms with Gasteiger partial charge in [0.1, 0.15) is 17.0 Å². The average Bonchev–Trinajstić information content (AvgIpc) is 3.74. The van der Waals surface area contributed by atoms with Gasteiger partial charge >= 0.3 is 0 Å². The summed E-state index contributed by atoms with van der Waals surface area (Å²) in [4.78, 5) is 33.6. The topological polar surface area (TPSA) is 130 Å². The summed E-state index contributed by atoms with van der Waals surface area (Å²) in [5.74, 6) is 0.0826. The molecular weight excluding hydrogens is 497 g/mol. The van der Waals surface area contributed by atoms with Crippen LogP contribution < -0.4 is 5.32 Å². The van der Waals surface area contributed by atoms with Crippen molar-refractivity contribution in [2.45, 2.75) is 32.6 Å². The molecule has 0 atom stereocenters. The van der Waals surface area contributed by atoms with Crippen LogP contribution in [0.15, 0.2) is 55.4 Å². The maximum atomic E-state index is 15.3. The zero-order valence-electron chi connectivity index (χ0n) is 21.1. The van der Waals surface area contributed by atoms with Gasteiger partial charge in [-0.15, -0.1) is 0 Å². The molecule has 39 heavy (non-hydrogen) atoms. The van der Waals surface area contributed by atoms with Gasteiger partial charge in [0.15, 0.2) is 11.5 Å². The van der Waals surface area contributed by atoms with Crippen LogP contribution in [0, 0.1) is 18.7 Å². The van der Waals surface area contributed by atoms with Crippen LogP contribution in [-0.2, 0) is 4.79 Å². The molecule has 5 aromatic heterocycles. The van der Waals surface area contributed by atoms with Crippen LogP contribution in [0.4, 0.5) is 10.1 Å². The molecule has 0 bridgehead atoms. The summed E-state index contributed by atoms with van der Waals surface area (Å²) in [5.41, 5.74) is 5.52. The van der Waals surface area contributed by atoms with E-state index < -0.39 is 5.82 Å². The standard InChI is InChI=1S/C28H24FN9O/c1-15-13-38(14-32-15)23-6-7-31-26-25(23)34-27(35-26)24-20-9-19(21(29)10-22(20)36-37-24)17-8-18(12-30-11-17)33-28(39)16-4-2-3-5-16/h6-14,16H,2-5H2,1H3,(H,33,39)(H,36,37)(H,31,34,35). The fourth-order valence-corrected chi connectivity index (χ4v) is 5.31. The number of fused-ring (bicyclic) bond motifs is 2. The van der Waals surface area contributed by atoms with E-state index in [0.29, 0.717) is 44.9 Å². The number of hydrogen-bond donors (Lipinski definition) is 3. The quantitative estimate of drug-likeness (QED) is 0.281. The number of pyridine rings is 2. The highest BCUT2D eigenvalue weighted by Crippen LogP contribution is 2.34. The molecule has 0 saturated heterocycles. The van der Waals surface area contributed by atoms with Gasteiger partial charge in [-0.25, -0.2) is 19.3 Å². The molecule has 5 heterocycles. The maximum Gasteiger partial charge on any atom is 0.227 e. The smallest absolute Gasteiger partial charge is 0.227 e. The number of aromatic nitrogens is 8. The molecule has 1 aliphatic carbocycles. The van der Waals surface area contributed by atoms with E-state index in [1.54, 1.807) is 37.1 Å². The predicted molar refractivity (Wildman–Crippen MR) is 145 cm³/mol. The number of carbonyl (C=O) groups excluding carboxylic acids is 1. The van der Waals surface area contributed by atoms with Crippen molar-refractivity contribution in [1.29, 1.82) is 0 Å². The number of benzene rings is 1. The van der Waals surface area contributed by atoms with Gasteiger partial charge in [-0.2, -0.15) is 5.10 Å². The normalized spacial score (nSPS) is 14.0. The van der Waals surface area contributed by atoms with Crippen LogP contribution in [0.25, 0.3) is 50.4 Å². The Morgan fingerprint density at radius 3 is 2.85 bits per heavy atom. The van der Waals surface area contributed by atoms with Gasteiger partial charge in [-0.3, -0.25) is 14.9 Å². The first-order chi connectivity index (χ1) is 19.0. The van der Waals surface area contributed by atoms with Crippen LogP contribution in [0.2, 0.25) is 0 Å². The molecule has 0 spiro atoms. The van der Waals surface area contributed by atoms with Crippen molar-refractivity contribution < 1.29 is 9.18 Å². The number of nitrogens with zero attached hydrogens (tertiary/aromatic N) is 6. The van der Waals surface area contributed by atoms with E-state index in [-0.39, 0.29) is 11.8 Å². The minimum Gasteiger partial charge on any atom is -0.333 e. The van der Waals surface area contributed by atoms with Crippen molar-refractivity contribution in [2.75, 3.05) is 5.32 Å². The average molecular weight is 522 g/mol. The highest BCUT2D eigenvalue weighted by molar-refractivity contribution is 5.97. The number of halogens is 1. The SMILES string of the molecule is Cc1cn(-c2ccnc3nc(-c4n[nH]c5cc(F)c(-c6cncc(NC(=O)C7CCCC7)c6)cc45)[nH]c23)cn1. The maximum absolute atomic E-state index is 15.3. The van der Waals surface area contributed by atoms with Crippen molar-refractivity contribution in [3.05, 3.63) is 66.9 Å². The summed E-state index contributed by atoms with van der Waals surface area (Å²) < 4.78 is 17.2. The Labute approximate surface area is 221 Å². The lowest BCUT2D eigenvalue weighted by atomic mass is 10.0. The summed E-state index contributed by atoms with van der Waals surface area (Å²) in [6.45, 7) is 1.93. The van der Waals surface area contributed by atoms with Gasteiger partial charge in [0.05, 0.1) is 35.1 Å². The second-order valence-corrected chi connectivity index (χ2v) is 9.92. The van der Waals surface area contributed by atoms with E-state index >= 15 is 4.39 Å². The van der Waals surface area contributed by atoms with Gasteiger partial charge < -0.3 is 14.9 Å². The fraction of sp³-hybridized carbons (Fsp3) is 0.214. The number of rotatable bonds is 5. The van der Waals surface area contributed by atoms with Crippen molar-refractivity contribution in [2.24, 2.45) is 5.92 Å². The number of H-pyrrole nitrogens is 2. The van der Waals surface area contributed by atoms with E-state index in [2.05, 4.69) is 40.4 Å². The first kappa shape index (κ1) is 23.2. The third kappa shape index (κ3) is 4.12. The Kier molecular flexibility index (Phi) is 5.43. The van der Waals surface area contributed by atoms with Crippen LogP contribution in [-0.4, -0.2) is 45.6 Å². The molecule has 1 aromatic carbocycles. The van der Waals surface area contributed by atoms with Crippen molar-refractivity contribution in [3.63, 3.8) is 0 Å². The third-order valence-electron chi connectivity index (χ3n) is 7.28. The highest BCUT2D eigenvalue weighted by Gasteiger charge is 2.23. The Morgan fingerprint density at radius 1 is 1.15 bits per heavy atom. The zero-order valence-corrected chi connectivity index (χ0v) is 21.1. The number of aromatic amines is 2. The monoisotopic (exact) mass is 521 g/mol. The van der Waals surface area contributed by atoms with Crippen LogP contribution in [0.5, 0.6) is 0 Å². The van der Waals surface area contributed by atoms with E-state index in [0.717, 1.165) is 42.6 Å². The molecule has 1 fully saturated rings. The summed E-state index contributed by atoms with van der Waals surface area (Å²) in [6.07, 6.45) is 12.5. The first-order valence-corrected chi connectivity index (χ1v) is 12.8. The predicted octanol–water partition coefficient (Wildman–Crippen LogP) is 5.33. The molecule has 10 nitrogen and oxygen atoms in total. The fourth-order valence-electron chi connectivity index (χ4n) is 5.31. The molecular formula is C28H24FN9O. The summed E-state index contributed by atoms with van der Waals surface area (Å²) in [5, 5.41) is 11.0. The first-order valence-electron chi connectivity index (χ1n) is 12.8. The molecule has 1 saturated carbocycles. The number of imidazole rings is 2. The third-order valence-corrected chi connectivity index (χ3v) is 7.28. The Balaban J connectivity index is 1.27. The number of carbonyl (C=O) groups is 1. The van der Waals surface area contributed by atoms with Gasteiger partial charge in [0.2, 0.25) is 5.91 Å². The van der Waals surface area contributed by atoms with E-state index in [1.807, 2.05) is 23.8 Å². The van der Waals surface area contributed by atoms with Crippen molar-refractivity contribution >= 4 is 33.7 Å². The molecule has 194 valence electrons. The van der Waals surface area contributed by atoms with Gasteiger partial charge in [0, 0.05) is 47.1 Å². The molecule has 3 N–H and O–H groups in total. The Hall–Kier alpha value is -4.93. The second kappa shape index (κ2) is 9.12.